The average molecular weight is 262 g/mol. The lowest BCUT2D eigenvalue weighted by Crippen LogP contribution is -2.45. The highest BCUT2D eigenvalue weighted by molar-refractivity contribution is 5.66. The summed E-state index contributed by atoms with van der Waals surface area (Å²) < 4.78 is 5.64. The monoisotopic (exact) mass is 262 g/mol. The zero-order valence-corrected chi connectivity index (χ0v) is 12.7. The highest BCUT2D eigenvalue weighted by Gasteiger charge is 2.64. The normalized spacial score (nSPS) is 44.5. The van der Waals surface area contributed by atoms with Crippen molar-refractivity contribution in [2.24, 2.45) is 29.1 Å². The lowest BCUT2D eigenvalue weighted by atomic mass is 9.61. The average Bonchev–Trinajstić information content (AvgIpc) is 2.66. The van der Waals surface area contributed by atoms with Crippen molar-refractivity contribution in [3.63, 3.8) is 0 Å². The van der Waals surface area contributed by atoms with E-state index in [2.05, 4.69) is 27.4 Å². The minimum Gasteiger partial charge on any atom is -0.460 e. The molecule has 0 aromatic rings. The van der Waals surface area contributed by atoms with Crippen LogP contribution in [0.4, 0.5) is 0 Å². The van der Waals surface area contributed by atoms with Crippen LogP contribution in [0.3, 0.4) is 0 Å². The van der Waals surface area contributed by atoms with E-state index in [1.165, 1.54) is 38.2 Å². The van der Waals surface area contributed by atoms with Gasteiger partial charge in [0.25, 0.3) is 0 Å². The van der Waals surface area contributed by atoms with Gasteiger partial charge in [0, 0.05) is 12.8 Å². The molecule has 3 saturated carbocycles. The van der Waals surface area contributed by atoms with E-state index in [1.807, 2.05) is 0 Å². The summed E-state index contributed by atoms with van der Waals surface area (Å²) in [6.07, 6.45) is 5.12. The van der Waals surface area contributed by atoms with Crippen LogP contribution < -0.4 is 0 Å². The van der Waals surface area contributed by atoms with Crippen LogP contribution in [-0.2, 0) is 9.53 Å². The van der Waals surface area contributed by atoms with Gasteiger partial charge in [-0.2, -0.15) is 0 Å². The minimum absolute atomic E-state index is 0.160. The van der Waals surface area contributed by atoms with Gasteiger partial charge in [-0.05, 0) is 62.7 Å². The molecule has 2 heteroatoms. The molecule has 5 atom stereocenters. The van der Waals surface area contributed by atoms with Gasteiger partial charge in [0.15, 0.2) is 0 Å². The third-order valence-electron chi connectivity index (χ3n) is 6.45. The molecule has 2 nitrogen and oxygen atoms in total. The molecule has 0 N–H and O–H groups in total. The number of allylic oxidation sites excluding steroid dienone is 1. The van der Waals surface area contributed by atoms with E-state index in [0.717, 1.165) is 11.8 Å². The van der Waals surface area contributed by atoms with Crippen LogP contribution in [-0.4, -0.2) is 11.6 Å². The van der Waals surface area contributed by atoms with Gasteiger partial charge in [-0.15, -0.1) is 0 Å². The third kappa shape index (κ3) is 1.64. The van der Waals surface area contributed by atoms with Crippen LogP contribution >= 0.6 is 0 Å². The molecule has 3 rings (SSSR count). The van der Waals surface area contributed by atoms with Gasteiger partial charge in [-0.25, -0.2) is 0 Å². The summed E-state index contributed by atoms with van der Waals surface area (Å²) in [7, 11) is 0. The van der Waals surface area contributed by atoms with E-state index in [1.54, 1.807) is 0 Å². The van der Waals surface area contributed by atoms with Crippen molar-refractivity contribution >= 4 is 5.97 Å². The Morgan fingerprint density at radius 3 is 2.68 bits per heavy atom. The quantitative estimate of drug-likeness (QED) is 0.556. The fourth-order valence-corrected chi connectivity index (χ4v) is 5.72. The summed E-state index contributed by atoms with van der Waals surface area (Å²) >= 11 is 0. The van der Waals surface area contributed by atoms with Crippen LogP contribution in [0.1, 0.15) is 53.4 Å². The Hall–Kier alpha value is -0.790. The summed E-state index contributed by atoms with van der Waals surface area (Å²) in [4.78, 5) is 11.4. The van der Waals surface area contributed by atoms with E-state index in [0.29, 0.717) is 17.3 Å². The zero-order valence-electron chi connectivity index (χ0n) is 12.7. The molecule has 0 aliphatic heterocycles. The molecule has 0 heterocycles. The Bertz CT molecular complexity index is 437. The maximum atomic E-state index is 11.4. The van der Waals surface area contributed by atoms with Crippen molar-refractivity contribution in [2.45, 2.75) is 59.0 Å². The molecule has 0 aromatic carbocycles. The van der Waals surface area contributed by atoms with Gasteiger partial charge < -0.3 is 4.74 Å². The van der Waals surface area contributed by atoms with Gasteiger partial charge in [-0.1, -0.05) is 19.1 Å². The molecule has 106 valence electrons. The van der Waals surface area contributed by atoms with E-state index < -0.39 is 0 Å². The Balaban J connectivity index is 1.91. The van der Waals surface area contributed by atoms with Crippen molar-refractivity contribution in [3.8, 4) is 0 Å². The van der Waals surface area contributed by atoms with E-state index in [4.69, 9.17) is 4.74 Å². The van der Waals surface area contributed by atoms with Crippen molar-refractivity contribution in [3.05, 3.63) is 12.2 Å². The Kier molecular flexibility index (Phi) is 2.69. The number of ether oxygens (including phenoxy) is 1. The second-order valence-electron chi connectivity index (χ2n) is 7.69. The predicted molar refractivity (Wildman–Crippen MR) is 75.5 cm³/mol. The topological polar surface area (TPSA) is 26.3 Å². The smallest absolute Gasteiger partial charge is 0.303 e. The number of carbonyl (C=O) groups is 1. The standard InChI is InChI=1S/C17H26O2/c1-10-12-6-7-14-15(10)13(8-9-17(12,14)5)16(3,4)19-11(2)18/h12-15H,1,6-9H2,2-5H3/t12?,13?,14-,15-,17?/m1/s1. The van der Waals surface area contributed by atoms with Crippen molar-refractivity contribution in [1.82, 2.24) is 0 Å². The number of esters is 1. The SMILES string of the molecule is C=C1C2CC[C@@H]3[C@H]1C(C(C)(C)OC(C)=O)CCC23C. The second-order valence-corrected chi connectivity index (χ2v) is 7.69. The van der Waals surface area contributed by atoms with Gasteiger partial charge >= 0.3 is 5.97 Å². The van der Waals surface area contributed by atoms with Crippen LogP contribution in [0, 0.1) is 29.1 Å². The molecule has 0 saturated heterocycles. The molecule has 3 fully saturated rings. The number of hydrogen-bond acceptors (Lipinski definition) is 2. The molecule has 19 heavy (non-hydrogen) atoms. The van der Waals surface area contributed by atoms with Gasteiger partial charge in [0.1, 0.15) is 5.60 Å². The lowest BCUT2D eigenvalue weighted by Gasteiger charge is -2.46. The molecule has 3 aliphatic rings. The molecule has 3 aliphatic carbocycles. The third-order valence-corrected chi connectivity index (χ3v) is 6.45. The molecular formula is C17H26O2. The molecule has 0 spiro atoms. The molecule has 0 aromatic heterocycles. The van der Waals surface area contributed by atoms with Gasteiger partial charge in [-0.3, -0.25) is 4.79 Å². The Morgan fingerprint density at radius 2 is 2.05 bits per heavy atom. The molecule has 3 unspecified atom stereocenters. The van der Waals surface area contributed by atoms with Crippen LogP contribution in [0.25, 0.3) is 0 Å². The van der Waals surface area contributed by atoms with Crippen LogP contribution in [0.5, 0.6) is 0 Å². The van der Waals surface area contributed by atoms with Crippen molar-refractivity contribution in [2.75, 3.05) is 0 Å². The number of carbonyl (C=O) groups excluding carboxylic acids is 1. The summed E-state index contributed by atoms with van der Waals surface area (Å²) in [6, 6.07) is 0. The second kappa shape index (κ2) is 3.86. The summed E-state index contributed by atoms with van der Waals surface area (Å²) in [5.74, 6) is 2.37. The summed E-state index contributed by atoms with van der Waals surface area (Å²) in [6.45, 7) is 12.6. The predicted octanol–water partition coefficient (Wildman–Crippen LogP) is 3.96. The largest absolute Gasteiger partial charge is 0.460 e. The highest BCUT2D eigenvalue weighted by Crippen LogP contribution is 2.70. The fourth-order valence-electron chi connectivity index (χ4n) is 5.72. The first-order valence-electron chi connectivity index (χ1n) is 7.65. The number of rotatable bonds is 2. The van der Waals surface area contributed by atoms with Gasteiger partial charge in [0.05, 0.1) is 0 Å². The highest BCUT2D eigenvalue weighted by atomic mass is 16.6. The minimum atomic E-state index is -0.356. The van der Waals surface area contributed by atoms with Crippen molar-refractivity contribution < 1.29 is 9.53 Å². The first-order chi connectivity index (χ1) is 8.77. The Morgan fingerprint density at radius 1 is 1.37 bits per heavy atom. The van der Waals surface area contributed by atoms with Gasteiger partial charge in [0.2, 0.25) is 0 Å². The van der Waals surface area contributed by atoms with Crippen molar-refractivity contribution in [1.29, 1.82) is 0 Å². The maximum Gasteiger partial charge on any atom is 0.303 e. The summed E-state index contributed by atoms with van der Waals surface area (Å²) in [5, 5.41) is 0. The molecule has 0 amide bonds. The number of hydrogen-bond donors (Lipinski definition) is 0. The van der Waals surface area contributed by atoms with Crippen LogP contribution in [0.2, 0.25) is 0 Å². The lowest BCUT2D eigenvalue weighted by molar-refractivity contribution is -0.164. The zero-order chi connectivity index (χ0) is 14.0. The first-order valence-corrected chi connectivity index (χ1v) is 7.65. The fraction of sp³-hybridized carbons (Fsp3) is 0.824. The van der Waals surface area contributed by atoms with E-state index in [-0.39, 0.29) is 11.6 Å². The summed E-state index contributed by atoms with van der Waals surface area (Å²) in [5.41, 5.74) is 1.59. The molecule has 0 radical (unpaired) electrons. The van der Waals surface area contributed by atoms with E-state index >= 15 is 0 Å². The first kappa shape index (κ1) is 13.2. The molecule has 4 bridgehead atoms. The van der Waals surface area contributed by atoms with Crippen LogP contribution in [0.15, 0.2) is 12.2 Å². The maximum absolute atomic E-state index is 11.4. The van der Waals surface area contributed by atoms with E-state index in [9.17, 15) is 4.79 Å². The molecular weight excluding hydrogens is 236 g/mol. The Labute approximate surface area is 116 Å².